The lowest BCUT2D eigenvalue weighted by Crippen LogP contribution is -2.44. The number of benzene rings is 1. The first kappa shape index (κ1) is 12.9. The molecule has 2 rings (SSSR count). The Balaban J connectivity index is 2.47. The zero-order chi connectivity index (χ0) is 13.4. The molecule has 0 N–H and O–H groups in total. The highest BCUT2D eigenvalue weighted by atomic mass is 19.4. The van der Waals surface area contributed by atoms with Gasteiger partial charge in [-0.3, -0.25) is 0 Å². The van der Waals surface area contributed by atoms with Crippen molar-refractivity contribution in [1.82, 2.24) is 0 Å². The largest absolute Gasteiger partial charge is 0.549 e. The molecule has 0 saturated heterocycles. The summed E-state index contributed by atoms with van der Waals surface area (Å²) in [6.07, 6.45) is -2.37. The molecule has 0 bridgehead atoms. The third kappa shape index (κ3) is 2.09. The first-order valence-corrected chi connectivity index (χ1v) is 5.75. The van der Waals surface area contributed by atoms with Crippen LogP contribution in [0.4, 0.5) is 13.2 Å². The van der Waals surface area contributed by atoms with E-state index in [1.807, 2.05) is 0 Å². The predicted octanol–water partition coefficient (Wildman–Crippen LogP) is 2.27. The number of carbonyl (C=O) groups excluding carboxylic acids is 1. The first-order chi connectivity index (χ1) is 8.36. The third-order valence-corrected chi connectivity index (χ3v) is 3.59. The maximum atomic E-state index is 12.6. The van der Waals surface area contributed by atoms with Gasteiger partial charge in [-0.05, 0) is 24.5 Å². The molecule has 0 heterocycles. The minimum atomic E-state index is -4.46. The monoisotopic (exact) mass is 257 g/mol. The minimum Gasteiger partial charge on any atom is -0.549 e. The second-order valence-corrected chi connectivity index (χ2v) is 4.66. The van der Waals surface area contributed by atoms with Crippen molar-refractivity contribution in [2.24, 2.45) is 0 Å². The van der Waals surface area contributed by atoms with Crippen molar-refractivity contribution >= 4 is 5.97 Å². The number of carbonyl (C=O) groups is 1. The fraction of sp³-hybridized carbons (Fsp3) is 0.462. The molecule has 0 aromatic heterocycles. The lowest BCUT2D eigenvalue weighted by Gasteiger charge is -2.31. The van der Waals surface area contributed by atoms with Crippen LogP contribution in [0.1, 0.15) is 36.8 Å². The minimum absolute atomic E-state index is 0.204. The van der Waals surface area contributed by atoms with Gasteiger partial charge in [0.15, 0.2) is 0 Å². The number of hydrogen-bond donors (Lipinski definition) is 0. The third-order valence-electron chi connectivity index (χ3n) is 3.59. The average molecular weight is 257 g/mol. The van der Waals surface area contributed by atoms with Crippen LogP contribution in [0.3, 0.4) is 0 Å². The van der Waals surface area contributed by atoms with Crippen molar-refractivity contribution in [2.45, 2.75) is 37.3 Å². The molecule has 1 aromatic carbocycles. The van der Waals surface area contributed by atoms with Crippen LogP contribution in [0.25, 0.3) is 0 Å². The number of hydrogen-bond acceptors (Lipinski definition) is 2. The Morgan fingerprint density at radius 1 is 1.22 bits per heavy atom. The summed E-state index contributed by atoms with van der Waals surface area (Å²) < 4.78 is 37.9. The van der Waals surface area contributed by atoms with E-state index in [-0.39, 0.29) is 5.56 Å². The lowest BCUT2D eigenvalue weighted by atomic mass is 9.78. The van der Waals surface area contributed by atoms with E-state index in [0.29, 0.717) is 25.7 Å². The summed E-state index contributed by atoms with van der Waals surface area (Å²) in [5.41, 5.74) is -1.86. The predicted molar refractivity (Wildman–Crippen MR) is 56.6 cm³/mol. The molecule has 1 aromatic rings. The summed E-state index contributed by atoms with van der Waals surface area (Å²) in [6, 6.07) is 4.57. The summed E-state index contributed by atoms with van der Waals surface area (Å²) in [5.74, 6) is -1.28. The standard InChI is InChI=1S/C13H13F3O2/c14-13(15,16)10-5-3-4-9(8-10)12(11(17)18)6-1-2-7-12/h3-5,8H,1-2,6-7H2,(H,17,18)/p-1. The quantitative estimate of drug-likeness (QED) is 0.815. The van der Waals surface area contributed by atoms with Crippen LogP contribution in [0, 0.1) is 0 Å². The Bertz CT molecular complexity index is 460. The maximum absolute atomic E-state index is 12.6. The van der Waals surface area contributed by atoms with Gasteiger partial charge in [0.05, 0.1) is 11.5 Å². The highest BCUT2D eigenvalue weighted by Crippen LogP contribution is 2.42. The van der Waals surface area contributed by atoms with Crippen LogP contribution >= 0.6 is 0 Å². The second-order valence-electron chi connectivity index (χ2n) is 4.66. The Morgan fingerprint density at radius 2 is 1.83 bits per heavy atom. The number of halogens is 3. The summed E-state index contributed by atoms with van der Waals surface area (Å²) in [5, 5.41) is 11.3. The lowest BCUT2D eigenvalue weighted by molar-refractivity contribution is -0.313. The van der Waals surface area contributed by atoms with Gasteiger partial charge in [0.25, 0.3) is 0 Å². The molecule has 1 aliphatic rings. The van der Waals surface area contributed by atoms with Gasteiger partial charge < -0.3 is 9.90 Å². The van der Waals surface area contributed by atoms with Crippen LogP contribution in [0.2, 0.25) is 0 Å². The molecule has 0 spiro atoms. The highest BCUT2D eigenvalue weighted by Gasteiger charge is 2.39. The van der Waals surface area contributed by atoms with Crippen LogP contribution in [0.15, 0.2) is 24.3 Å². The van der Waals surface area contributed by atoms with Gasteiger partial charge in [-0.1, -0.05) is 31.0 Å². The fourth-order valence-corrected chi connectivity index (χ4v) is 2.58. The molecule has 0 radical (unpaired) electrons. The molecule has 5 heteroatoms. The van der Waals surface area contributed by atoms with Gasteiger partial charge in [0, 0.05) is 5.41 Å². The number of rotatable bonds is 2. The molecule has 1 saturated carbocycles. The van der Waals surface area contributed by atoms with Gasteiger partial charge in [-0.25, -0.2) is 0 Å². The Labute approximate surface area is 102 Å². The first-order valence-electron chi connectivity index (χ1n) is 5.75. The molecule has 18 heavy (non-hydrogen) atoms. The Hall–Kier alpha value is -1.52. The molecule has 0 atom stereocenters. The van der Waals surface area contributed by atoms with Gasteiger partial charge in [0.2, 0.25) is 0 Å². The second kappa shape index (κ2) is 4.30. The van der Waals surface area contributed by atoms with Crippen molar-refractivity contribution < 1.29 is 23.1 Å². The van der Waals surface area contributed by atoms with E-state index in [9.17, 15) is 23.1 Å². The van der Waals surface area contributed by atoms with Crippen LogP contribution in [-0.2, 0) is 16.4 Å². The fourth-order valence-electron chi connectivity index (χ4n) is 2.58. The van der Waals surface area contributed by atoms with E-state index in [2.05, 4.69) is 0 Å². The van der Waals surface area contributed by atoms with Gasteiger partial charge in [0.1, 0.15) is 0 Å². The summed E-state index contributed by atoms with van der Waals surface area (Å²) >= 11 is 0. The number of carboxylic acid groups (broad SMARTS) is 1. The number of aliphatic carboxylic acids is 1. The van der Waals surface area contributed by atoms with Crippen molar-refractivity contribution in [3.63, 3.8) is 0 Å². The van der Waals surface area contributed by atoms with E-state index >= 15 is 0 Å². The molecule has 0 amide bonds. The molecule has 1 fully saturated rings. The topological polar surface area (TPSA) is 40.1 Å². The van der Waals surface area contributed by atoms with Crippen molar-refractivity contribution in [1.29, 1.82) is 0 Å². The van der Waals surface area contributed by atoms with Gasteiger partial charge in [-0.2, -0.15) is 13.2 Å². The molecule has 0 aliphatic heterocycles. The Kier molecular flexibility index (Phi) is 3.09. The van der Waals surface area contributed by atoms with E-state index < -0.39 is 23.1 Å². The van der Waals surface area contributed by atoms with Gasteiger partial charge >= 0.3 is 6.18 Å². The van der Waals surface area contributed by atoms with Gasteiger partial charge in [-0.15, -0.1) is 0 Å². The summed E-state index contributed by atoms with van der Waals surface area (Å²) in [4.78, 5) is 11.3. The van der Waals surface area contributed by atoms with E-state index in [1.165, 1.54) is 12.1 Å². The normalized spacial score (nSPS) is 18.8. The van der Waals surface area contributed by atoms with Crippen molar-refractivity contribution in [2.75, 3.05) is 0 Å². The molecule has 98 valence electrons. The zero-order valence-electron chi connectivity index (χ0n) is 9.59. The molecule has 1 aliphatic carbocycles. The smallest absolute Gasteiger partial charge is 0.416 e. The summed E-state index contributed by atoms with van der Waals surface area (Å²) in [6.45, 7) is 0. The number of alkyl halides is 3. The molecular weight excluding hydrogens is 245 g/mol. The van der Waals surface area contributed by atoms with Crippen molar-refractivity contribution in [3.05, 3.63) is 35.4 Å². The summed E-state index contributed by atoms with van der Waals surface area (Å²) in [7, 11) is 0. The Morgan fingerprint density at radius 3 is 2.33 bits per heavy atom. The van der Waals surface area contributed by atoms with Crippen LogP contribution < -0.4 is 5.11 Å². The average Bonchev–Trinajstić information content (AvgIpc) is 2.78. The van der Waals surface area contributed by atoms with E-state index in [4.69, 9.17) is 0 Å². The molecular formula is C13H12F3O2-. The highest BCUT2D eigenvalue weighted by molar-refractivity contribution is 5.80. The zero-order valence-corrected chi connectivity index (χ0v) is 9.59. The van der Waals surface area contributed by atoms with Crippen LogP contribution in [-0.4, -0.2) is 5.97 Å². The SMILES string of the molecule is O=C([O-])C1(c2cccc(C(F)(F)F)c2)CCCC1. The van der Waals surface area contributed by atoms with E-state index in [1.54, 1.807) is 0 Å². The van der Waals surface area contributed by atoms with Crippen molar-refractivity contribution in [3.8, 4) is 0 Å². The van der Waals surface area contributed by atoms with E-state index in [0.717, 1.165) is 12.1 Å². The molecule has 2 nitrogen and oxygen atoms in total. The number of carboxylic acids is 1. The van der Waals surface area contributed by atoms with Crippen LogP contribution in [0.5, 0.6) is 0 Å². The molecule has 0 unspecified atom stereocenters. The maximum Gasteiger partial charge on any atom is 0.416 e.